The standard InChI is InChI=1S/C19H17F3N4O3S/c1-23-30(27,28)14-6-7-17(29-13-4-2-12(3-5-13)19(20,21)22)15(10-14)16-11-18-24-8-9-26(18)25-16/h2-7,10-11,23-24H,8-9H2,1H3. The van der Waals surface area contributed by atoms with E-state index in [1.165, 1.54) is 37.4 Å². The predicted octanol–water partition coefficient (Wildman–Crippen LogP) is 3.69. The van der Waals surface area contributed by atoms with Gasteiger partial charge in [-0.2, -0.15) is 18.3 Å². The number of anilines is 1. The molecule has 0 amide bonds. The van der Waals surface area contributed by atoms with Gasteiger partial charge in [-0.3, -0.25) is 0 Å². The fraction of sp³-hybridized carbons (Fsp3) is 0.211. The Balaban J connectivity index is 1.75. The maximum atomic E-state index is 12.8. The monoisotopic (exact) mass is 438 g/mol. The Morgan fingerprint density at radius 1 is 1.13 bits per heavy atom. The first kappa shape index (κ1) is 20.2. The summed E-state index contributed by atoms with van der Waals surface area (Å²) in [7, 11) is -2.41. The van der Waals surface area contributed by atoms with Crippen molar-refractivity contribution in [3.05, 3.63) is 54.1 Å². The maximum absolute atomic E-state index is 12.8. The lowest BCUT2D eigenvalue weighted by molar-refractivity contribution is -0.137. The van der Waals surface area contributed by atoms with Crippen molar-refractivity contribution < 1.29 is 26.3 Å². The molecule has 7 nitrogen and oxygen atoms in total. The van der Waals surface area contributed by atoms with E-state index in [-0.39, 0.29) is 16.4 Å². The molecular formula is C19H17F3N4O3S. The van der Waals surface area contributed by atoms with E-state index in [9.17, 15) is 21.6 Å². The van der Waals surface area contributed by atoms with Crippen LogP contribution in [0.3, 0.4) is 0 Å². The number of halogens is 3. The maximum Gasteiger partial charge on any atom is 0.416 e. The van der Waals surface area contributed by atoms with Gasteiger partial charge in [0.1, 0.15) is 17.3 Å². The molecule has 4 rings (SSSR count). The molecule has 1 aliphatic rings. The smallest absolute Gasteiger partial charge is 0.416 e. The van der Waals surface area contributed by atoms with Crippen LogP contribution in [0.1, 0.15) is 5.56 Å². The summed E-state index contributed by atoms with van der Waals surface area (Å²) >= 11 is 0. The van der Waals surface area contributed by atoms with Gasteiger partial charge >= 0.3 is 6.18 Å². The van der Waals surface area contributed by atoms with Gasteiger partial charge in [-0.05, 0) is 49.5 Å². The van der Waals surface area contributed by atoms with Crippen molar-refractivity contribution in [2.45, 2.75) is 17.6 Å². The van der Waals surface area contributed by atoms with Gasteiger partial charge in [-0.25, -0.2) is 17.8 Å². The number of ether oxygens (including phenoxy) is 1. The zero-order valence-corrected chi connectivity index (χ0v) is 16.5. The molecule has 0 fully saturated rings. The average Bonchev–Trinajstić information content (AvgIpc) is 3.30. The molecule has 1 aliphatic heterocycles. The van der Waals surface area contributed by atoms with Gasteiger partial charge < -0.3 is 10.1 Å². The fourth-order valence-electron chi connectivity index (χ4n) is 3.07. The molecule has 0 aliphatic carbocycles. The number of aromatic nitrogens is 2. The molecule has 1 aromatic heterocycles. The second-order valence-corrected chi connectivity index (χ2v) is 8.44. The molecule has 0 unspecified atom stereocenters. The summed E-state index contributed by atoms with van der Waals surface area (Å²) < 4.78 is 72.6. The molecule has 0 saturated heterocycles. The first-order valence-corrected chi connectivity index (χ1v) is 10.4. The highest BCUT2D eigenvalue weighted by atomic mass is 32.2. The highest BCUT2D eigenvalue weighted by molar-refractivity contribution is 7.89. The van der Waals surface area contributed by atoms with Gasteiger partial charge in [-0.15, -0.1) is 0 Å². The van der Waals surface area contributed by atoms with Crippen molar-refractivity contribution in [2.75, 3.05) is 18.9 Å². The van der Waals surface area contributed by atoms with Crippen molar-refractivity contribution >= 4 is 15.8 Å². The van der Waals surface area contributed by atoms with Crippen LogP contribution in [0.5, 0.6) is 11.5 Å². The van der Waals surface area contributed by atoms with Gasteiger partial charge in [0.25, 0.3) is 0 Å². The molecule has 3 aromatic rings. The third-order valence-electron chi connectivity index (χ3n) is 4.63. The first-order valence-electron chi connectivity index (χ1n) is 8.92. The molecule has 0 bridgehead atoms. The minimum absolute atomic E-state index is 0.0147. The molecule has 11 heteroatoms. The molecule has 0 radical (unpaired) electrons. The van der Waals surface area contributed by atoms with E-state index in [2.05, 4.69) is 15.1 Å². The minimum atomic E-state index is -4.45. The topological polar surface area (TPSA) is 85.2 Å². The Morgan fingerprint density at radius 2 is 1.87 bits per heavy atom. The SMILES string of the molecule is CNS(=O)(=O)c1ccc(Oc2ccc(C(F)(F)F)cc2)c(-c2cc3n(n2)CCN3)c1. The zero-order chi connectivity index (χ0) is 21.5. The number of hydrogen-bond acceptors (Lipinski definition) is 5. The van der Waals surface area contributed by atoms with E-state index in [1.54, 1.807) is 10.7 Å². The van der Waals surface area contributed by atoms with Gasteiger partial charge in [0, 0.05) is 18.2 Å². The van der Waals surface area contributed by atoms with E-state index in [4.69, 9.17) is 4.74 Å². The number of fused-ring (bicyclic) bond motifs is 1. The van der Waals surface area contributed by atoms with E-state index < -0.39 is 21.8 Å². The number of rotatable bonds is 5. The van der Waals surface area contributed by atoms with Crippen LogP contribution in [0.2, 0.25) is 0 Å². The summed E-state index contributed by atoms with van der Waals surface area (Å²) in [6.45, 7) is 1.41. The summed E-state index contributed by atoms with van der Waals surface area (Å²) in [5, 5.41) is 7.63. The molecular weight excluding hydrogens is 421 g/mol. The van der Waals surface area contributed by atoms with Crippen LogP contribution in [-0.2, 0) is 22.7 Å². The molecule has 2 N–H and O–H groups in total. The summed E-state index contributed by atoms with van der Waals surface area (Å²) in [5.41, 5.74) is 0.0873. The summed E-state index contributed by atoms with van der Waals surface area (Å²) in [5.74, 6) is 1.23. The lowest BCUT2D eigenvalue weighted by Crippen LogP contribution is -2.18. The van der Waals surface area contributed by atoms with Crippen molar-refractivity contribution in [1.82, 2.24) is 14.5 Å². The van der Waals surface area contributed by atoms with Crippen molar-refractivity contribution in [2.24, 2.45) is 0 Å². The molecule has 158 valence electrons. The number of alkyl halides is 3. The van der Waals surface area contributed by atoms with Gasteiger partial charge in [0.15, 0.2) is 0 Å². The lowest BCUT2D eigenvalue weighted by Gasteiger charge is -2.13. The minimum Gasteiger partial charge on any atom is -0.457 e. The van der Waals surface area contributed by atoms with E-state index in [1.807, 2.05) is 0 Å². The van der Waals surface area contributed by atoms with E-state index in [0.717, 1.165) is 24.5 Å². The normalized spacial score (nSPS) is 13.7. The van der Waals surface area contributed by atoms with Gasteiger partial charge in [-0.1, -0.05) is 0 Å². The summed E-state index contributed by atoms with van der Waals surface area (Å²) in [4.78, 5) is 0.0147. The number of nitrogens with zero attached hydrogens (tertiary/aromatic N) is 2. The Bertz CT molecular complexity index is 1170. The summed E-state index contributed by atoms with van der Waals surface area (Å²) in [6.07, 6.45) is -4.45. The fourth-order valence-corrected chi connectivity index (χ4v) is 3.83. The van der Waals surface area contributed by atoms with Gasteiger partial charge in [0.05, 0.1) is 22.7 Å². The summed E-state index contributed by atoms with van der Waals surface area (Å²) in [6, 6.07) is 10.2. The van der Waals surface area contributed by atoms with Crippen LogP contribution in [0.25, 0.3) is 11.3 Å². The van der Waals surface area contributed by atoms with Crippen LogP contribution >= 0.6 is 0 Å². The molecule has 2 heterocycles. The largest absolute Gasteiger partial charge is 0.457 e. The second-order valence-electron chi connectivity index (χ2n) is 6.55. The molecule has 30 heavy (non-hydrogen) atoms. The Kier molecular flexibility index (Phi) is 4.94. The van der Waals surface area contributed by atoms with Crippen LogP contribution in [0.4, 0.5) is 19.0 Å². The average molecular weight is 438 g/mol. The van der Waals surface area contributed by atoms with Gasteiger partial charge in [0.2, 0.25) is 10.0 Å². The van der Waals surface area contributed by atoms with Crippen LogP contribution < -0.4 is 14.8 Å². The third-order valence-corrected chi connectivity index (χ3v) is 6.04. The van der Waals surface area contributed by atoms with Crippen molar-refractivity contribution in [3.8, 4) is 22.8 Å². The Labute approximate surface area is 170 Å². The molecule has 0 atom stereocenters. The van der Waals surface area contributed by atoms with Crippen LogP contribution in [0, 0.1) is 0 Å². The molecule has 2 aromatic carbocycles. The Hall–Kier alpha value is -3.05. The second kappa shape index (κ2) is 7.33. The zero-order valence-electron chi connectivity index (χ0n) is 15.7. The van der Waals surface area contributed by atoms with Crippen LogP contribution in [0.15, 0.2) is 53.4 Å². The van der Waals surface area contributed by atoms with Crippen LogP contribution in [-0.4, -0.2) is 31.8 Å². The highest BCUT2D eigenvalue weighted by Gasteiger charge is 2.30. The number of hydrogen-bond donors (Lipinski definition) is 2. The Morgan fingerprint density at radius 3 is 2.50 bits per heavy atom. The number of nitrogens with one attached hydrogen (secondary N) is 2. The lowest BCUT2D eigenvalue weighted by atomic mass is 10.1. The van der Waals surface area contributed by atoms with E-state index >= 15 is 0 Å². The third kappa shape index (κ3) is 3.85. The quantitative estimate of drug-likeness (QED) is 0.635. The first-order chi connectivity index (χ1) is 14.2. The highest BCUT2D eigenvalue weighted by Crippen LogP contribution is 2.37. The van der Waals surface area contributed by atoms with Crippen molar-refractivity contribution in [1.29, 1.82) is 0 Å². The predicted molar refractivity (Wildman–Crippen MR) is 104 cm³/mol. The van der Waals surface area contributed by atoms with E-state index in [0.29, 0.717) is 17.8 Å². The molecule has 0 saturated carbocycles. The van der Waals surface area contributed by atoms with Crippen molar-refractivity contribution in [3.63, 3.8) is 0 Å². The molecule has 0 spiro atoms. The number of sulfonamides is 1. The number of benzene rings is 2.